The first-order chi connectivity index (χ1) is 8.86. The molecule has 0 bridgehead atoms. The smallest absolute Gasteiger partial charge is 0.170 e. The third-order valence-electron chi connectivity index (χ3n) is 3.66. The van der Waals surface area contributed by atoms with Crippen molar-refractivity contribution in [3.63, 3.8) is 0 Å². The van der Waals surface area contributed by atoms with E-state index in [0.717, 1.165) is 38.1 Å². The number of allylic oxidation sites excluding steroid dienone is 1. The van der Waals surface area contributed by atoms with Crippen molar-refractivity contribution in [2.45, 2.75) is 25.3 Å². The van der Waals surface area contributed by atoms with Crippen LogP contribution >= 0.6 is 0 Å². The largest absolute Gasteiger partial charge is 0.501 e. The highest BCUT2D eigenvalue weighted by Crippen LogP contribution is 2.28. The van der Waals surface area contributed by atoms with Gasteiger partial charge in [-0.15, -0.1) is 0 Å². The van der Waals surface area contributed by atoms with Crippen LogP contribution in [0, 0.1) is 0 Å². The number of Topliss-reactive ketones (excluding diaryl/α,β-unsaturated/α-hetero) is 1. The average Bonchev–Trinajstić information content (AvgIpc) is 2.47. The molecule has 2 heterocycles. The van der Waals surface area contributed by atoms with Crippen molar-refractivity contribution in [2.75, 3.05) is 13.2 Å². The Kier molecular flexibility index (Phi) is 3.15. The molecule has 1 N–H and O–H groups in total. The Hall–Kier alpha value is -1.61. The van der Waals surface area contributed by atoms with Crippen molar-refractivity contribution in [2.24, 2.45) is 0 Å². The summed E-state index contributed by atoms with van der Waals surface area (Å²) in [5.74, 6) is 0.164. The van der Waals surface area contributed by atoms with Crippen molar-refractivity contribution in [1.29, 1.82) is 0 Å². The maximum atomic E-state index is 12.5. The molecule has 0 saturated heterocycles. The van der Waals surface area contributed by atoms with Gasteiger partial charge in [-0.3, -0.25) is 4.79 Å². The van der Waals surface area contributed by atoms with E-state index in [2.05, 4.69) is 17.4 Å². The predicted octanol–water partition coefficient (Wildman–Crippen LogP) is 2.14. The highest BCUT2D eigenvalue weighted by molar-refractivity contribution is 6.00. The van der Waals surface area contributed by atoms with Crippen LogP contribution < -0.4 is 5.32 Å². The molecule has 3 nitrogen and oxygen atoms in total. The molecule has 1 unspecified atom stereocenters. The molecule has 3 heteroatoms. The number of fused-ring (bicyclic) bond motifs is 1. The summed E-state index contributed by atoms with van der Waals surface area (Å²) in [7, 11) is 0. The number of nitrogens with one attached hydrogen (secondary N) is 1. The minimum absolute atomic E-state index is 0.0529. The molecule has 94 valence electrons. The van der Waals surface area contributed by atoms with Crippen LogP contribution in [0.3, 0.4) is 0 Å². The van der Waals surface area contributed by atoms with Crippen molar-refractivity contribution < 1.29 is 9.53 Å². The molecule has 0 aromatic heterocycles. The summed E-state index contributed by atoms with van der Waals surface area (Å²) in [4.78, 5) is 12.5. The van der Waals surface area contributed by atoms with Crippen LogP contribution in [0.4, 0.5) is 0 Å². The Bertz CT molecular complexity index is 493. The molecule has 3 rings (SSSR count). The van der Waals surface area contributed by atoms with Crippen molar-refractivity contribution >= 4 is 5.78 Å². The van der Waals surface area contributed by atoms with E-state index < -0.39 is 0 Å². The maximum absolute atomic E-state index is 12.5. The second-order valence-electron chi connectivity index (χ2n) is 4.86. The number of hydrogen-bond acceptors (Lipinski definition) is 3. The summed E-state index contributed by atoms with van der Waals surface area (Å²) in [5.41, 5.74) is 3.25. The first-order valence-corrected chi connectivity index (χ1v) is 6.49. The molecular formula is C15H17NO2. The quantitative estimate of drug-likeness (QED) is 0.864. The Morgan fingerprint density at radius 3 is 3.06 bits per heavy atom. The normalized spacial score (nSPS) is 22.7. The molecule has 1 atom stereocenters. The zero-order valence-electron chi connectivity index (χ0n) is 10.3. The number of ether oxygens (including phenoxy) is 1. The fraction of sp³-hybridized carbons (Fsp3) is 0.400. The van der Waals surface area contributed by atoms with Gasteiger partial charge in [0.25, 0.3) is 0 Å². The molecule has 2 aliphatic heterocycles. The number of carbonyl (C=O) groups excluding carboxylic acids is 1. The SMILES string of the molecule is O=C(C1=COCCC1)C1CNCc2ccccc21. The summed E-state index contributed by atoms with van der Waals surface area (Å²) in [6, 6.07) is 8.20. The maximum Gasteiger partial charge on any atom is 0.170 e. The van der Waals surface area contributed by atoms with Gasteiger partial charge in [0.05, 0.1) is 18.8 Å². The van der Waals surface area contributed by atoms with Crippen LogP contribution in [0.15, 0.2) is 36.1 Å². The van der Waals surface area contributed by atoms with E-state index in [1.54, 1.807) is 6.26 Å². The van der Waals surface area contributed by atoms with E-state index in [-0.39, 0.29) is 11.7 Å². The van der Waals surface area contributed by atoms with Gasteiger partial charge in [0.2, 0.25) is 0 Å². The lowest BCUT2D eigenvalue weighted by molar-refractivity contribution is -0.117. The molecule has 1 aromatic carbocycles. The zero-order chi connectivity index (χ0) is 12.4. The fourth-order valence-corrected chi connectivity index (χ4v) is 2.70. The van der Waals surface area contributed by atoms with Gasteiger partial charge < -0.3 is 10.1 Å². The van der Waals surface area contributed by atoms with Crippen LogP contribution in [0.2, 0.25) is 0 Å². The molecule has 0 radical (unpaired) electrons. The molecule has 2 aliphatic rings. The predicted molar refractivity (Wildman–Crippen MR) is 69.2 cm³/mol. The van der Waals surface area contributed by atoms with Gasteiger partial charge in [-0.25, -0.2) is 0 Å². The number of ketones is 1. The summed E-state index contributed by atoms with van der Waals surface area (Å²) >= 11 is 0. The molecule has 1 aromatic rings. The second kappa shape index (κ2) is 4.94. The lowest BCUT2D eigenvalue weighted by atomic mass is 9.84. The van der Waals surface area contributed by atoms with Gasteiger partial charge in [0.1, 0.15) is 0 Å². The minimum atomic E-state index is -0.0529. The van der Waals surface area contributed by atoms with Crippen LogP contribution in [0.5, 0.6) is 0 Å². The standard InChI is InChI=1S/C15H17NO2/c17-15(12-5-3-7-18-10-12)14-9-16-8-11-4-1-2-6-13(11)14/h1-2,4,6,10,14,16H,3,5,7-9H2. The minimum Gasteiger partial charge on any atom is -0.501 e. The number of carbonyl (C=O) groups is 1. The van der Waals surface area contributed by atoms with Crippen molar-refractivity contribution in [3.05, 3.63) is 47.2 Å². The second-order valence-corrected chi connectivity index (χ2v) is 4.86. The van der Waals surface area contributed by atoms with Gasteiger partial charge in [0, 0.05) is 18.7 Å². The van der Waals surface area contributed by atoms with E-state index in [4.69, 9.17) is 4.74 Å². The Morgan fingerprint density at radius 1 is 1.33 bits per heavy atom. The molecule has 0 spiro atoms. The summed E-state index contributed by atoms with van der Waals surface area (Å²) in [6.07, 6.45) is 3.44. The van der Waals surface area contributed by atoms with E-state index >= 15 is 0 Å². The fourth-order valence-electron chi connectivity index (χ4n) is 2.70. The van der Waals surface area contributed by atoms with Crippen LogP contribution in [0.1, 0.15) is 29.9 Å². The van der Waals surface area contributed by atoms with Crippen LogP contribution in [-0.4, -0.2) is 18.9 Å². The Morgan fingerprint density at radius 2 is 2.22 bits per heavy atom. The summed E-state index contributed by atoms with van der Waals surface area (Å²) < 4.78 is 5.28. The summed E-state index contributed by atoms with van der Waals surface area (Å²) in [5, 5.41) is 3.32. The first-order valence-electron chi connectivity index (χ1n) is 6.49. The van der Waals surface area contributed by atoms with Gasteiger partial charge >= 0.3 is 0 Å². The molecule has 0 saturated carbocycles. The van der Waals surface area contributed by atoms with Crippen LogP contribution in [0.25, 0.3) is 0 Å². The third kappa shape index (κ3) is 2.06. The Balaban J connectivity index is 1.89. The van der Waals surface area contributed by atoms with E-state index in [9.17, 15) is 4.79 Å². The highest BCUT2D eigenvalue weighted by Gasteiger charge is 2.28. The third-order valence-corrected chi connectivity index (χ3v) is 3.66. The number of hydrogen-bond donors (Lipinski definition) is 1. The number of rotatable bonds is 2. The molecule has 0 fully saturated rings. The topological polar surface area (TPSA) is 38.3 Å². The van der Waals surface area contributed by atoms with E-state index in [0.29, 0.717) is 0 Å². The lowest BCUT2D eigenvalue weighted by Crippen LogP contribution is -2.33. The van der Waals surface area contributed by atoms with Gasteiger partial charge in [-0.1, -0.05) is 24.3 Å². The van der Waals surface area contributed by atoms with Crippen molar-refractivity contribution in [1.82, 2.24) is 5.32 Å². The van der Waals surface area contributed by atoms with Crippen molar-refractivity contribution in [3.8, 4) is 0 Å². The highest BCUT2D eigenvalue weighted by atomic mass is 16.5. The van der Waals surface area contributed by atoms with E-state index in [1.807, 2.05) is 12.1 Å². The zero-order valence-corrected chi connectivity index (χ0v) is 10.3. The first kappa shape index (κ1) is 11.5. The number of benzene rings is 1. The lowest BCUT2D eigenvalue weighted by Gasteiger charge is -2.26. The molecule has 0 aliphatic carbocycles. The molecular weight excluding hydrogens is 226 g/mol. The van der Waals surface area contributed by atoms with Gasteiger partial charge in [0.15, 0.2) is 5.78 Å². The summed E-state index contributed by atoms with van der Waals surface area (Å²) in [6.45, 7) is 2.32. The van der Waals surface area contributed by atoms with Gasteiger partial charge in [-0.2, -0.15) is 0 Å². The monoisotopic (exact) mass is 243 g/mol. The Labute approximate surface area is 107 Å². The van der Waals surface area contributed by atoms with Gasteiger partial charge in [-0.05, 0) is 24.0 Å². The van der Waals surface area contributed by atoms with Crippen LogP contribution in [-0.2, 0) is 16.1 Å². The molecule has 0 amide bonds. The molecule has 18 heavy (non-hydrogen) atoms. The van der Waals surface area contributed by atoms with E-state index in [1.165, 1.54) is 11.1 Å². The average molecular weight is 243 g/mol.